The molecule has 0 fully saturated rings. The number of hydrogen-bond acceptors (Lipinski definition) is 5. The fourth-order valence-electron chi connectivity index (χ4n) is 2.23. The second kappa shape index (κ2) is 7.17. The third kappa shape index (κ3) is 4.17. The minimum absolute atomic E-state index is 0.150. The van der Waals surface area contributed by atoms with E-state index in [9.17, 15) is 18.0 Å². The van der Waals surface area contributed by atoms with Crippen LogP contribution in [0.15, 0.2) is 30.3 Å². The van der Waals surface area contributed by atoms with Crippen LogP contribution in [0.2, 0.25) is 5.02 Å². The second-order valence-corrected chi connectivity index (χ2v) is 8.28. The molecule has 0 atom stereocenters. The van der Waals surface area contributed by atoms with Gasteiger partial charge in [0.25, 0.3) is 5.91 Å². The first-order valence-electron chi connectivity index (χ1n) is 8.04. The Balaban J connectivity index is 2.00. The number of benzene rings is 1. The molecular formula is C17H15ClF3N5OS. The summed E-state index contributed by atoms with van der Waals surface area (Å²) in [6, 6.07) is 6.83. The van der Waals surface area contributed by atoms with E-state index in [1.807, 2.05) is 20.8 Å². The summed E-state index contributed by atoms with van der Waals surface area (Å²) in [6.07, 6.45) is -4.72. The smallest absolute Gasteiger partial charge is 0.295 e. The Hall–Kier alpha value is -2.46. The maximum absolute atomic E-state index is 13.2. The number of aromatic nitrogens is 4. The summed E-state index contributed by atoms with van der Waals surface area (Å²) < 4.78 is 40.4. The van der Waals surface area contributed by atoms with Crippen molar-refractivity contribution in [2.75, 3.05) is 5.32 Å². The minimum atomic E-state index is -4.72. The zero-order valence-corrected chi connectivity index (χ0v) is 16.6. The van der Waals surface area contributed by atoms with Gasteiger partial charge in [-0.25, -0.2) is 4.68 Å². The molecule has 0 radical (unpaired) electrons. The first-order valence-corrected chi connectivity index (χ1v) is 9.24. The number of amides is 1. The van der Waals surface area contributed by atoms with Crippen LogP contribution in [0, 0.1) is 0 Å². The molecule has 11 heteroatoms. The van der Waals surface area contributed by atoms with Gasteiger partial charge in [-0.05, 0) is 12.1 Å². The number of hydrogen-bond donors (Lipinski definition) is 1. The molecule has 2 aromatic heterocycles. The largest absolute Gasteiger partial charge is 0.435 e. The highest BCUT2D eigenvalue weighted by atomic mass is 35.5. The molecule has 0 aliphatic heterocycles. The fraction of sp³-hybridized carbons (Fsp3) is 0.294. The quantitative estimate of drug-likeness (QED) is 0.639. The first-order chi connectivity index (χ1) is 13.0. The van der Waals surface area contributed by atoms with Crippen molar-refractivity contribution in [2.24, 2.45) is 0 Å². The monoisotopic (exact) mass is 429 g/mol. The molecule has 0 saturated heterocycles. The SMILES string of the molecule is CC(C)(C)c1nnc(NC(=O)c2cc(C(F)(F)F)nn2-c2ccccc2Cl)s1. The van der Waals surface area contributed by atoms with Gasteiger partial charge < -0.3 is 0 Å². The molecule has 0 unspecified atom stereocenters. The van der Waals surface area contributed by atoms with Crippen molar-refractivity contribution >= 4 is 34.0 Å². The summed E-state index contributed by atoms with van der Waals surface area (Å²) >= 11 is 7.23. The van der Waals surface area contributed by atoms with Gasteiger partial charge in [0, 0.05) is 11.5 Å². The predicted molar refractivity (Wildman–Crippen MR) is 100 cm³/mol. The lowest BCUT2D eigenvalue weighted by molar-refractivity contribution is -0.141. The average molecular weight is 430 g/mol. The number of nitrogens with zero attached hydrogens (tertiary/aromatic N) is 4. The highest BCUT2D eigenvalue weighted by Gasteiger charge is 2.36. The molecule has 0 aliphatic rings. The van der Waals surface area contributed by atoms with E-state index in [-0.39, 0.29) is 27.0 Å². The fourth-order valence-corrected chi connectivity index (χ4v) is 3.24. The van der Waals surface area contributed by atoms with Crippen LogP contribution in [0.25, 0.3) is 5.69 Å². The lowest BCUT2D eigenvalue weighted by atomic mass is 9.98. The van der Waals surface area contributed by atoms with Crippen LogP contribution in [0.5, 0.6) is 0 Å². The summed E-state index contributed by atoms with van der Waals surface area (Å²) in [5.41, 5.74) is -1.65. The van der Waals surface area contributed by atoms with Gasteiger partial charge in [-0.2, -0.15) is 18.3 Å². The van der Waals surface area contributed by atoms with Crippen LogP contribution in [-0.2, 0) is 11.6 Å². The highest BCUT2D eigenvalue weighted by molar-refractivity contribution is 7.15. The summed E-state index contributed by atoms with van der Waals surface area (Å²) in [5, 5.41) is 14.9. The van der Waals surface area contributed by atoms with E-state index < -0.39 is 17.8 Å². The molecule has 3 aromatic rings. The highest BCUT2D eigenvalue weighted by Crippen LogP contribution is 2.32. The molecule has 0 bridgehead atoms. The van der Waals surface area contributed by atoms with Crippen molar-refractivity contribution in [3.8, 4) is 5.69 Å². The lowest BCUT2D eigenvalue weighted by Gasteiger charge is -2.12. The third-order valence-corrected chi connectivity index (χ3v) is 5.18. The number of carbonyl (C=O) groups excluding carboxylic acids is 1. The molecule has 1 aromatic carbocycles. The molecule has 148 valence electrons. The topological polar surface area (TPSA) is 72.7 Å². The Bertz CT molecular complexity index is 1020. The summed E-state index contributed by atoms with van der Waals surface area (Å²) in [6.45, 7) is 5.80. The third-order valence-electron chi connectivity index (χ3n) is 3.60. The molecule has 0 spiro atoms. The number of halogens is 4. The minimum Gasteiger partial charge on any atom is -0.295 e. The van der Waals surface area contributed by atoms with Crippen molar-refractivity contribution < 1.29 is 18.0 Å². The molecule has 0 aliphatic carbocycles. The zero-order chi connectivity index (χ0) is 20.7. The normalized spacial score (nSPS) is 12.2. The van der Waals surface area contributed by atoms with Crippen molar-refractivity contribution in [2.45, 2.75) is 32.4 Å². The van der Waals surface area contributed by atoms with Crippen molar-refractivity contribution in [3.05, 3.63) is 51.7 Å². The van der Waals surface area contributed by atoms with Gasteiger partial charge in [0.1, 0.15) is 10.7 Å². The first kappa shape index (κ1) is 20.3. The van der Waals surface area contributed by atoms with Crippen LogP contribution in [-0.4, -0.2) is 25.9 Å². The summed E-state index contributed by atoms with van der Waals surface area (Å²) in [7, 11) is 0. The maximum Gasteiger partial charge on any atom is 0.435 e. The number of alkyl halides is 3. The molecule has 1 amide bonds. The Morgan fingerprint density at radius 1 is 1.18 bits per heavy atom. The van der Waals surface area contributed by atoms with Gasteiger partial charge in [0.2, 0.25) is 5.13 Å². The van der Waals surface area contributed by atoms with E-state index in [2.05, 4.69) is 20.6 Å². The van der Waals surface area contributed by atoms with Gasteiger partial charge in [0.05, 0.1) is 10.7 Å². The van der Waals surface area contributed by atoms with Crippen LogP contribution in [0.3, 0.4) is 0 Å². The lowest BCUT2D eigenvalue weighted by Crippen LogP contribution is -2.17. The molecule has 1 N–H and O–H groups in total. The molecule has 2 heterocycles. The molecule has 6 nitrogen and oxygen atoms in total. The standard InChI is InChI=1S/C17H15ClF3N5OS/c1-16(2,3)14-23-24-15(28-14)22-13(27)11-8-12(17(19,20)21)25-26(11)10-7-5-4-6-9(10)18/h4-8H,1-3H3,(H,22,24,27). The predicted octanol–water partition coefficient (Wildman–Crippen LogP) is 4.95. The van der Waals surface area contributed by atoms with Crippen LogP contribution >= 0.6 is 22.9 Å². The van der Waals surface area contributed by atoms with Gasteiger partial charge in [-0.3, -0.25) is 10.1 Å². The zero-order valence-electron chi connectivity index (χ0n) is 15.0. The van der Waals surface area contributed by atoms with Gasteiger partial charge in [-0.1, -0.05) is 55.8 Å². The molecule has 28 heavy (non-hydrogen) atoms. The van der Waals surface area contributed by atoms with E-state index >= 15 is 0 Å². The summed E-state index contributed by atoms with van der Waals surface area (Å²) in [4.78, 5) is 12.7. The Morgan fingerprint density at radius 2 is 1.86 bits per heavy atom. The van der Waals surface area contributed by atoms with E-state index in [0.717, 1.165) is 16.0 Å². The van der Waals surface area contributed by atoms with Crippen LogP contribution in [0.4, 0.5) is 18.3 Å². The number of nitrogens with one attached hydrogen (secondary N) is 1. The maximum atomic E-state index is 13.2. The van der Waals surface area contributed by atoms with E-state index in [1.54, 1.807) is 12.1 Å². The van der Waals surface area contributed by atoms with Gasteiger partial charge >= 0.3 is 6.18 Å². The summed E-state index contributed by atoms with van der Waals surface area (Å²) in [5.74, 6) is -0.806. The number of rotatable bonds is 3. The number of para-hydroxylation sites is 1. The van der Waals surface area contributed by atoms with Crippen molar-refractivity contribution in [1.82, 2.24) is 20.0 Å². The van der Waals surface area contributed by atoms with Crippen molar-refractivity contribution in [1.29, 1.82) is 0 Å². The average Bonchev–Trinajstić information content (AvgIpc) is 3.21. The Labute approximate surface area is 167 Å². The van der Waals surface area contributed by atoms with Gasteiger partial charge in [0.15, 0.2) is 5.69 Å². The Kier molecular flexibility index (Phi) is 5.20. The van der Waals surface area contributed by atoms with E-state index in [4.69, 9.17) is 11.6 Å². The van der Waals surface area contributed by atoms with Gasteiger partial charge in [-0.15, -0.1) is 10.2 Å². The Morgan fingerprint density at radius 3 is 2.43 bits per heavy atom. The second-order valence-electron chi connectivity index (χ2n) is 6.89. The van der Waals surface area contributed by atoms with Crippen LogP contribution < -0.4 is 5.32 Å². The van der Waals surface area contributed by atoms with E-state index in [1.165, 1.54) is 12.1 Å². The van der Waals surface area contributed by atoms with E-state index in [0.29, 0.717) is 11.1 Å². The molecule has 0 saturated carbocycles. The molecule has 3 rings (SSSR count). The van der Waals surface area contributed by atoms with Crippen molar-refractivity contribution in [3.63, 3.8) is 0 Å². The number of carbonyl (C=O) groups is 1. The molecular weight excluding hydrogens is 415 g/mol. The number of anilines is 1. The van der Waals surface area contributed by atoms with Crippen LogP contribution in [0.1, 0.15) is 42.0 Å².